The van der Waals surface area contributed by atoms with E-state index in [9.17, 15) is 13.2 Å². The summed E-state index contributed by atoms with van der Waals surface area (Å²) in [6, 6.07) is 7.94. The average molecular weight is 417 g/mol. The first-order chi connectivity index (χ1) is 13.9. The predicted molar refractivity (Wildman–Crippen MR) is 110 cm³/mol. The van der Waals surface area contributed by atoms with E-state index in [1.165, 1.54) is 11.9 Å². The van der Waals surface area contributed by atoms with Crippen molar-refractivity contribution in [2.75, 3.05) is 26.2 Å². The van der Waals surface area contributed by atoms with Crippen LogP contribution in [0.25, 0.3) is 0 Å². The number of piperidine rings is 1. The van der Waals surface area contributed by atoms with Crippen LogP contribution < -0.4 is 0 Å². The minimum absolute atomic E-state index is 0.122. The van der Waals surface area contributed by atoms with E-state index in [1.807, 2.05) is 29.2 Å². The van der Waals surface area contributed by atoms with Crippen molar-refractivity contribution in [3.63, 3.8) is 0 Å². The first-order valence-corrected chi connectivity index (χ1v) is 11.7. The monoisotopic (exact) mass is 416 g/mol. The van der Waals surface area contributed by atoms with Gasteiger partial charge in [0.25, 0.3) is 15.9 Å². The fourth-order valence-corrected chi connectivity index (χ4v) is 5.66. The van der Waals surface area contributed by atoms with Gasteiger partial charge in [-0.05, 0) is 55.7 Å². The highest BCUT2D eigenvalue weighted by atomic mass is 32.2. The molecule has 2 saturated heterocycles. The number of hydrogen-bond acceptors (Lipinski definition) is 4. The summed E-state index contributed by atoms with van der Waals surface area (Å²) >= 11 is 0. The van der Waals surface area contributed by atoms with E-state index in [-0.39, 0.29) is 10.9 Å². The number of sulfonamides is 1. The molecular weight excluding hydrogens is 388 g/mol. The van der Waals surface area contributed by atoms with Crippen LogP contribution in [0.5, 0.6) is 0 Å². The molecule has 1 aromatic carbocycles. The lowest BCUT2D eigenvalue weighted by atomic mass is 9.90. The predicted octanol–water partition coefficient (Wildman–Crippen LogP) is 2.30. The van der Waals surface area contributed by atoms with E-state index < -0.39 is 10.0 Å². The molecule has 4 rings (SSSR count). The van der Waals surface area contributed by atoms with Gasteiger partial charge in [-0.2, -0.15) is 4.31 Å². The number of benzene rings is 1. The molecule has 1 aromatic heterocycles. The summed E-state index contributed by atoms with van der Waals surface area (Å²) in [4.78, 5) is 18.4. The highest BCUT2D eigenvalue weighted by Gasteiger charge is 2.31. The molecular formula is C21H28N4O3S. The second-order valence-corrected chi connectivity index (χ2v) is 10.0. The second kappa shape index (κ2) is 8.28. The summed E-state index contributed by atoms with van der Waals surface area (Å²) in [5.41, 5.74) is 1.96. The first-order valence-electron chi connectivity index (χ1n) is 10.3. The van der Waals surface area contributed by atoms with Crippen LogP contribution in [0.3, 0.4) is 0 Å². The molecule has 0 N–H and O–H groups in total. The fourth-order valence-electron chi connectivity index (χ4n) is 4.23. The molecule has 156 valence electrons. The summed E-state index contributed by atoms with van der Waals surface area (Å²) < 4.78 is 28.6. The van der Waals surface area contributed by atoms with Crippen molar-refractivity contribution in [2.24, 2.45) is 13.0 Å². The lowest BCUT2D eigenvalue weighted by Gasteiger charge is -2.30. The SMILES string of the molecule is Cn1cnc(S(=O)(=O)N2CCC(Cc3ccc(C(=O)N4CCCC4)cc3)CC2)c1. The molecule has 29 heavy (non-hydrogen) atoms. The zero-order valence-corrected chi connectivity index (χ0v) is 17.6. The van der Waals surface area contributed by atoms with Gasteiger partial charge in [-0.1, -0.05) is 12.1 Å². The van der Waals surface area contributed by atoms with Crippen LogP contribution in [0.2, 0.25) is 0 Å². The Morgan fingerprint density at radius 3 is 2.31 bits per heavy atom. The van der Waals surface area contributed by atoms with Crippen molar-refractivity contribution in [1.82, 2.24) is 18.8 Å². The Balaban J connectivity index is 1.32. The molecule has 2 aliphatic rings. The normalized spacial score (nSPS) is 19.0. The summed E-state index contributed by atoms with van der Waals surface area (Å²) in [5, 5.41) is 0.122. The van der Waals surface area contributed by atoms with Crippen LogP contribution in [0.15, 0.2) is 41.8 Å². The third kappa shape index (κ3) is 4.38. The number of hydrogen-bond donors (Lipinski definition) is 0. The van der Waals surface area contributed by atoms with E-state index in [0.29, 0.717) is 19.0 Å². The maximum Gasteiger partial charge on any atom is 0.262 e. The highest BCUT2D eigenvalue weighted by molar-refractivity contribution is 7.89. The van der Waals surface area contributed by atoms with Crippen molar-refractivity contribution in [2.45, 2.75) is 37.1 Å². The van der Waals surface area contributed by atoms with E-state index in [2.05, 4.69) is 4.98 Å². The Bertz CT molecular complexity index is 954. The third-order valence-electron chi connectivity index (χ3n) is 5.98. The van der Waals surface area contributed by atoms with Gasteiger partial charge in [-0.15, -0.1) is 0 Å². The Morgan fingerprint density at radius 2 is 1.72 bits per heavy atom. The molecule has 2 aliphatic heterocycles. The summed E-state index contributed by atoms with van der Waals surface area (Å²) in [6.07, 6.45) is 7.83. The molecule has 3 heterocycles. The Labute approximate surface area is 172 Å². The number of amides is 1. The highest BCUT2D eigenvalue weighted by Crippen LogP contribution is 2.26. The van der Waals surface area contributed by atoms with Crippen LogP contribution in [-0.2, 0) is 23.5 Å². The first kappa shape index (κ1) is 20.1. The molecule has 0 spiro atoms. The van der Waals surface area contributed by atoms with Gasteiger partial charge < -0.3 is 9.47 Å². The number of carbonyl (C=O) groups excluding carboxylic acids is 1. The lowest BCUT2D eigenvalue weighted by Crippen LogP contribution is -2.39. The average Bonchev–Trinajstić information content (AvgIpc) is 3.41. The number of rotatable bonds is 5. The maximum absolute atomic E-state index is 12.7. The number of nitrogens with zero attached hydrogens (tertiary/aromatic N) is 4. The number of carbonyl (C=O) groups is 1. The summed E-state index contributed by atoms with van der Waals surface area (Å²) in [6.45, 7) is 2.77. The maximum atomic E-state index is 12.7. The van der Waals surface area contributed by atoms with Gasteiger partial charge in [0.2, 0.25) is 0 Å². The zero-order valence-electron chi connectivity index (χ0n) is 16.8. The van der Waals surface area contributed by atoms with Gasteiger partial charge in [0.05, 0.1) is 6.33 Å². The summed E-state index contributed by atoms with van der Waals surface area (Å²) in [7, 11) is -1.74. The quantitative estimate of drug-likeness (QED) is 0.750. The smallest absolute Gasteiger partial charge is 0.262 e. The van der Waals surface area contributed by atoms with E-state index >= 15 is 0 Å². The molecule has 0 radical (unpaired) electrons. The van der Waals surface area contributed by atoms with Gasteiger partial charge in [0, 0.05) is 45.0 Å². The molecule has 7 nitrogen and oxygen atoms in total. The Morgan fingerprint density at radius 1 is 1.07 bits per heavy atom. The van der Waals surface area contributed by atoms with Crippen molar-refractivity contribution >= 4 is 15.9 Å². The van der Waals surface area contributed by atoms with Crippen LogP contribution >= 0.6 is 0 Å². The topological polar surface area (TPSA) is 75.5 Å². The van der Waals surface area contributed by atoms with Gasteiger partial charge in [0.1, 0.15) is 0 Å². The van der Waals surface area contributed by atoms with E-state index in [0.717, 1.165) is 50.8 Å². The number of imidazole rings is 1. The van der Waals surface area contributed by atoms with Gasteiger partial charge >= 0.3 is 0 Å². The van der Waals surface area contributed by atoms with E-state index in [1.54, 1.807) is 22.1 Å². The van der Waals surface area contributed by atoms with Crippen LogP contribution in [0, 0.1) is 5.92 Å². The van der Waals surface area contributed by atoms with Crippen molar-refractivity contribution in [3.8, 4) is 0 Å². The Kier molecular flexibility index (Phi) is 5.74. The standard InChI is InChI=1S/C21H28N4O3S/c1-23-15-20(22-16-23)29(27,28)25-12-8-18(9-13-25)14-17-4-6-19(7-5-17)21(26)24-10-2-3-11-24/h4-7,15-16,18H,2-3,8-14H2,1H3. The third-order valence-corrected chi connectivity index (χ3v) is 7.76. The van der Waals surface area contributed by atoms with Crippen LogP contribution in [0.1, 0.15) is 41.6 Å². The van der Waals surface area contributed by atoms with Crippen LogP contribution in [0.4, 0.5) is 0 Å². The fraction of sp³-hybridized carbons (Fsp3) is 0.524. The molecule has 0 atom stereocenters. The number of aromatic nitrogens is 2. The minimum Gasteiger partial charge on any atom is -0.339 e. The lowest BCUT2D eigenvalue weighted by molar-refractivity contribution is 0.0793. The molecule has 0 aliphatic carbocycles. The van der Waals surface area contributed by atoms with Gasteiger partial charge in [-0.25, -0.2) is 13.4 Å². The Hall–Kier alpha value is -2.19. The molecule has 0 saturated carbocycles. The molecule has 0 bridgehead atoms. The molecule has 8 heteroatoms. The summed E-state index contributed by atoms with van der Waals surface area (Å²) in [5.74, 6) is 0.576. The molecule has 0 unspecified atom stereocenters. The van der Waals surface area contributed by atoms with Crippen molar-refractivity contribution in [1.29, 1.82) is 0 Å². The van der Waals surface area contributed by atoms with Crippen molar-refractivity contribution in [3.05, 3.63) is 47.9 Å². The number of likely N-dealkylation sites (tertiary alicyclic amines) is 1. The molecule has 2 aromatic rings. The molecule has 2 fully saturated rings. The van der Waals surface area contributed by atoms with Gasteiger partial charge in [-0.3, -0.25) is 4.79 Å². The largest absolute Gasteiger partial charge is 0.339 e. The zero-order chi connectivity index (χ0) is 20.4. The second-order valence-electron chi connectivity index (χ2n) is 8.13. The molecule has 1 amide bonds. The van der Waals surface area contributed by atoms with Gasteiger partial charge in [0.15, 0.2) is 5.03 Å². The van der Waals surface area contributed by atoms with Crippen LogP contribution in [-0.4, -0.2) is 59.3 Å². The van der Waals surface area contributed by atoms with Crippen molar-refractivity contribution < 1.29 is 13.2 Å². The minimum atomic E-state index is -3.50. The number of aryl methyl sites for hydroxylation is 1. The van der Waals surface area contributed by atoms with E-state index in [4.69, 9.17) is 0 Å².